The Bertz CT molecular complexity index is 1730. The van der Waals surface area contributed by atoms with E-state index in [9.17, 15) is 4.79 Å². The van der Waals surface area contributed by atoms with Crippen LogP contribution in [0, 0.1) is 0 Å². The fourth-order valence-electron chi connectivity index (χ4n) is 4.46. The number of hydrogen-bond donors (Lipinski definition) is 1. The van der Waals surface area contributed by atoms with Crippen molar-refractivity contribution in [2.45, 2.75) is 0 Å². The molecule has 3 aromatic heterocycles. The first-order valence-corrected chi connectivity index (χ1v) is 11.8. The SMILES string of the molecule is COc1ccc(-n2c(Nc3cccnc3)cc(=O)n3nc(-c4ccccc4)c(-c4ccccc4)c23)cc1. The molecule has 0 aliphatic heterocycles. The quantitative estimate of drug-likeness (QED) is 0.315. The largest absolute Gasteiger partial charge is 0.497 e. The first-order chi connectivity index (χ1) is 18.2. The summed E-state index contributed by atoms with van der Waals surface area (Å²) in [5.74, 6) is 1.33. The predicted molar refractivity (Wildman–Crippen MR) is 146 cm³/mol. The topological polar surface area (TPSA) is 73.5 Å². The van der Waals surface area contributed by atoms with Gasteiger partial charge in [0, 0.05) is 23.5 Å². The van der Waals surface area contributed by atoms with E-state index in [4.69, 9.17) is 9.84 Å². The summed E-state index contributed by atoms with van der Waals surface area (Å²) in [6, 6.07) is 33.0. The van der Waals surface area contributed by atoms with Gasteiger partial charge in [-0.05, 0) is 42.0 Å². The lowest BCUT2D eigenvalue weighted by Gasteiger charge is -2.18. The highest BCUT2D eigenvalue weighted by Gasteiger charge is 2.23. The lowest BCUT2D eigenvalue weighted by Crippen LogP contribution is -2.20. The van der Waals surface area contributed by atoms with Crippen molar-refractivity contribution in [2.75, 3.05) is 12.4 Å². The molecule has 6 rings (SSSR count). The molecule has 0 saturated carbocycles. The van der Waals surface area contributed by atoms with E-state index in [1.807, 2.05) is 102 Å². The van der Waals surface area contributed by atoms with E-state index in [1.54, 1.807) is 25.6 Å². The van der Waals surface area contributed by atoms with Crippen molar-refractivity contribution in [3.63, 3.8) is 0 Å². The first kappa shape index (κ1) is 22.3. The van der Waals surface area contributed by atoms with E-state index in [1.165, 1.54) is 4.52 Å². The van der Waals surface area contributed by atoms with Gasteiger partial charge in [0.2, 0.25) is 0 Å². The number of fused-ring (bicyclic) bond motifs is 1. The lowest BCUT2D eigenvalue weighted by molar-refractivity contribution is 0.415. The maximum Gasteiger partial charge on any atom is 0.276 e. The van der Waals surface area contributed by atoms with Crippen molar-refractivity contribution in [1.82, 2.24) is 19.2 Å². The standard InChI is InChI=1S/C30H23N5O2/c1-37-25-16-14-24(15-17-25)34-26(32-23-13-8-18-31-20-23)19-27(36)35-30(34)28(21-9-4-2-5-10-21)29(33-35)22-11-6-3-7-12-22/h2-20,32H,1H3. The van der Waals surface area contributed by atoms with Crippen LogP contribution < -0.4 is 15.6 Å². The fourth-order valence-corrected chi connectivity index (χ4v) is 4.46. The summed E-state index contributed by atoms with van der Waals surface area (Å²) < 4.78 is 8.88. The Kier molecular flexibility index (Phi) is 5.71. The molecule has 0 atom stereocenters. The van der Waals surface area contributed by atoms with E-state index in [-0.39, 0.29) is 5.56 Å². The van der Waals surface area contributed by atoms with Crippen molar-refractivity contribution in [3.8, 4) is 33.8 Å². The molecular formula is C30H23N5O2. The van der Waals surface area contributed by atoms with Gasteiger partial charge < -0.3 is 10.1 Å². The maximum atomic E-state index is 13.5. The normalized spacial score (nSPS) is 10.9. The van der Waals surface area contributed by atoms with Crippen molar-refractivity contribution < 1.29 is 4.74 Å². The lowest BCUT2D eigenvalue weighted by atomic mass is 10.0. The number of rotatable bonds is 6. The third kappa shape index (κ3) is 4.12. The average Bonchev–Trinajstić information content (AvgIpc) is 3.36. The minimum atomic E-state index is -0.245. The number of nitrogens with zero attached hydrogens (tertiary/aromatic N) is 4. The van der Waals surface area contributed by atoms with Gasteiger partial charge in [0.1, 0.15) is 17.3 Å². The van der Waals surface area contributed by atoms with Gasteiger partial charge in [0.25, 0.3) is 5.56 Å². The van der Waals surface area contributed by atoms with Crippen molar-refractivity contribution in [3.05, 3.63) is 126 Å². The second kappa shape index (κ2) is 9.47. The summed E-state index contributed by atoms with van der Waals surface area (Å²) in [5.41, 5.74) is 5.47. The zero-order valence-electron chi connectivity index (χ0n) is 20.1. The van der Waals surface area contributed by atoms with Crippen LogP contribution in [0.2, 0.25) is 0 Å². The molecule has 0 unspecified atom stereocenters. The Morgan fingerprint density at radius 3 is 2.16 bits per heavy atom. The van der Waals surface area contributed by atoms with Gasteiger partial charge in [0.05, 0.1) is 24.6 Å². The summed E-state index contributed by atoms with van der Waals surface area (Å²) in [7, 11) is 1.64. The molecule has 6 aromatic rings. The van der Waals surface area contributed by atoms with E-state index in [0.717, 1.165) is 39.5 Å². The number of aromatic nitrogens is 4. The molecule has 7 nitrogen and oxygen atoms in total. The molecule has 180 valence electrons. The maximum absolute atomic E-state index is 13.5. The first-order valence-electron chi connectivity index (χ1n) is 11.8. The number of nitrogens with one attached hydrogen (secondary N) is 1. The monoisotopic (exact) mass is 485 g/mol. The van der Waals surface area contributed by atoms with E-state index >= 15 is 0 Å². The number of hydrogen-bond acceptors (Lipinski definition) is 5. The van der Waals surface area contributed by atoms with Gasteiger partial charge in [-0.15, -0.1) is 0 Å². The fraction of sp³-hybridized carbons (Fsp3) is 0.0333. The molecule has 1 N–H and O–H groups in total. The predicted octanol–water partition coefficient (Wildman–Crippen LogP) is 5.97. The van der Waals surface area contributed by atoms with Gasteiger partial charge in [-0.1, -0.05) is 60.7 Å². The third-order valence-corrected chi connectivity index (χ3v) is 6.16. The molecule has 0 saturated heterocycles. The Morgan fingerprint density at radius 1 is 0.811 bits per heavy atom. The second-order valence-corrected chi connectivity index (χ2v) is 8.46. The number of anilines is 2. The summed E-state index contributed by atoms with van der Waals surface area (Å²) in [6.07, 6.45) is 3.43. The molecular weight excluding hydrogens is 462 g/mol. The van der Waals surface area contributed by atoms with Crippen molar-refractivity contribution in [2.24, 2.45) is 0 Å². The summed E-state index contributed by atoms with van der Waals surface area (Å²) in [4.78, 5) is 17.7. The van der Waals surface area contributed by atoms with Gasteiger partial charge >= 0.3 is 0 Å². The zero-order chi connectivity index (χ0) is 25.2. The Hall–Kier alpha value is -5.17. The Morgan fingerprint density at radius 2 is 1.51 bits per heavy atom. The summed E-state index contributed by atoms with van der Waals surface area (Å²) in [6.45, 7) is 0. The van der Waals surface area contributed by atoms with Crippen LogP contribution in [0.25, 0.3) is 33.7 Å². The molecule has 3 aromatic carbocycles. The Balaban J connectivity index is 1.73. The molecule has 0 aliphatic rings. The van der Waals surface area contributed by atoms with Crippen molar-refractivity contribution in [1.29, 1.82) is 0 Å². The Labute approximate surface area is 213 Å². The van der Waals surface area contributed by atoms with Crippen LogP contribution in [0.15, 0.2) is 120 Å². The number of pyridine rings is 1. The van der Waals surface area contributed by atoms with Crippen LogP contribution in [0.4, 0.5) is 11.5 Å². The summed E-state index contributed by atoms with van der Waals surface area (Å²) >= 11 is 0. The highest BCUT2D eigenvalue weighted by atomic mass is 16.5. The number of methoxy groups -OCH3 is 1. The molecule has 0 fully saturated rings. The highest BCUT2D eigenvalue weighted by molar-refractivity contribution is 5.92. The number of ether oxygens (including phenoxy) is 1. The van der Waals surface area contributed by atoms with Crippen LogP contribution in [0.1, 0.15) is 0 Å². The van der Waals surface area contributed by atoms with Gasteiger partial charge in [0.15, 0.2) is 5.65 Å². The van der Waals surface area contributed by atoms with E-state index in [2.05, 4.69) is 10.3 Å². The molecule has 37 heavy (non-hydrogen) atoms. The minimum absolute atomic E-state index is 0.245. The minimum Gasteiger partial charge on any atom is -0.497 e. The summed E-state index contributed by atoms with van der Waals surface area (Å²) in [5, 5.41) is 8.23. The average molecular weight is 486 g/mol. The molecule has 0 bridgehead atoms. The molecule has 0 radical (unpaired) electrons. The van der Waals surface area contributed by atoms with Crippen LogP contribution in [-0.4, -0.2) is 26.3 Å². The second-order valence-electron chi connectivity index (χ2n) is 8.46. The third-order valence-electron chi connectivity index (χ3n) is 6.16. The molecule has 7 heteroatoms. The van der Waals surface area contributed by atoms with Gasteiger partial charge in [-0.25, -0.2) is 0 Å². The van der Waals surface area contributed by atoms with E-state index in [0.29, 0.717) is 11.5 Å². The van der Waals surface area contributed by atoms with E-state index < -0.39 is 0 Å². The van der Waals surface area contributed by atoms with Crippen LogP contribution in [0.3, 0.4) is 0 Å². The molecule has 3 heterocycles. The molecule has 0 spiro atoms. The zero-order valence-corrected chi connectivity index (χ0v) is 20.1. The van der Waals surface area contributed by atoms with Crippen LogP contribution in [-0.2, 0) is 0 Å². The molecule has 0 amide bonds. The number of benzene rings is 3. The highest BCUT2D eigenvalue weighted by Crippen LogP contribution is 2.37. The van der Waals surface area contributed by atoms with Crippen LogP contribution >= 0.6 is 0 Å². The smallest absolute Gasteiger partial charge is 0.276 e. The van der Waals surface area contributed by atoms with Crippen LogP contribution in [0.5, 0.6) is 5.75 Å². The van der Waals surface area contributed by atoms with Crippen molar-refractivity contribution >= 4 is 17.2 Å². The van der Waals surface area contributed by atoms with Gasteiger partial charge in [-0.2, -0.15) is 9.61 Å². The van der Waals surface area contributed by atoms with Gasteiger partial charge in [-0.3, -0.25) is 14.3 Å². The molecule has 0 aliphatic carbocycles.